The molecule has 8 heteroatoms. The van der Waals surface area contributed by atoms with Gasteiger partial charge in [0.05, 0.1) is 11.3 Å². The van der Waals surface area contributed by atoms with Crippen LogP contribution in [0, 0.1) is 40.4 Å². The number of carbonyl (C=O) groups excluding carboxylic acids is 3. The van der Waals surface area contributed by atoms with E-state index in [0.29, 0.717) is 18.4 Å². The summed E-state index contributed by atoms with van der Waals surface area (Å²) in [5.41, 5.74) is -4.79. The lowest BCUT2D eigenvalue weighted by molar-refractivity contribution is -0.192. The molecule has 0 saturated heterocycles. The van der Waals surface area contributed by atoms with Gasteiger partial charge >= 0.3 is 11.9 Å². The van der Waals surface area contributed by atoms with Crippen molar-refractivity contribution in [3.8, 4) is 0 Å². The Hall–Kier alpha value is -2.03. The minimum atomic E-state index is -2.26. The van der Waals surface area contributed by atoms with Gasteiger partial charge in [-0.15, -0.1) is 0 Å². The maximum atomic E-state index is 14.5. The number of carbonyl (C=O) groups is 3. The van der Waals surface area contributed by atoms with Gasteiger partial charge in [-0.3, -0.25) is 14.4 Å². The molecule has 1 spiro atoms. The fourth-order valence-corrected chi connectivity index (χ4v) is 7.73. The van der Waals surface area contributed by atoms with Gasteiger partial charge in [0.2, 0.25) is 0 Å². The summed E-state index contributed by atoms with van der Waals surface area (Å²) in [6, 6.07) is 0. The van der Waals surface area contributed by atoms with Gasteiger partial charge in [0, 0.05) is 23.7 Å². The monoisotopic (exact) mass is 532 g/mol. The number of hydrogen-bond acceptors (Lipinski definition) is 8. The molecule has 4 aliphatic carbocycles. The van der Waals surface area contributed by atoms with E-state index >= 15 is 0 Å². The molecule has 38 heavy (non-hydrogen) atoms. The second-order valence-electron chi connectivity index (χ2n) is 13.1. The van der Waals surface area contributed by atoms with Crippen molar-refractivity contribution in [2.75, 3.05) is 6.61 Å². The molecular weight excluding hydrogens is 488 g/mol. The lowest BCUT2D eigenvalue weighted by Gasteiger charge is -2.48. The Morgan fingerprint density at radius 3 is 2.37 bits per heavy atom. The molecule has 0 heterocycles. The Bertz CT molecular complexity index is 1090. The summed E-state index contributed by atoms with van der Waals surface area (Å²) in [5, 5.41) is 35.1. The fourth-order valence-electron chi connectivity index (χ4n) is 7.73. The van der Waals surface area contributed by atoms with Crippen molar-refractivity contribution in [1.82, 2.24) is 0 Å². The highest BCUT2D eigenvalue weighted by atomic mass is 16.6. The molecule has 3 N–H and O–H groups in total. The predicted molar refractivity (Wildman–Crippen MR) is 139 cm³/mol. The maximum Gasteiger partial charge on any atom is 0.309 e. The van der Waals surface area contributed by atoms with E-state index in [1.165, 1.54) is 0 Å². The molecule has 2 bridgehead atoms. The fraction of sp³-hybridized carbons (Fsp3) is 0.767. The molecule has 212 valence electrons. The molecular formula is C30H44O8. The van der Waals surface area contributed by atoms with Crippen molar-refractivity contribution in [3.05, 3.63) is 23.3 Å². The molecule has 2 fully saturated rings. The summed E-state index contributed by atoms with van der Waals surface area (Å²) in [7, 11) is 0. The number of hydrogen-bond donors (Lipinski definition) is 3. The lowest BCUT2D eigenvalue weighted by atomic mass is 9.59. The van der Waals surface area contributed by atoms with Crippen LogP contribution in [0.4, 0.5) is 0 Å². The molecule has 9 atom stereocenters. The SMILES string of the molecule is CCCC(=O)O[C@@]12C[C@@H](C)C34C=C(C)C(O)[C@@]3(O)C(O)C(COC(=O)C(C)C(C)C)=CC(C4=O)[C@H]1C2(C)C. The van der Waals surface area contributed by atoms with E-state index in [1.54, 1.807) is 26.0 Å². The Labute approximate surface area is 225 Å². The van der Waals surface area contributed by atoms with Crippen molar-refractivity contribution in [2.45, 2.75) is 98.1 Å². The second kappa shape index (κ2) is 9.27. The highest BCUT2D eigenvalue weighted by Gasteiger charge is 2.83. The molecule has 4 rings (SSSR count). The Balaban J connectivity index is 1.85. The zero-order valence-corrected chi connectivity index (χ0v) is 23.9. The van der Waals surface area contributed by atoms with Crippen LogP contribution < -0.4 is 0 Å². The smallest absolute Gasteiger partial charge is 0.309 e. The molecule has 2 saturated carbocycles. The third kappa shape index (κ3) is 3.62. The largest absolute Gasteiger partial charge is 0.461 e. The summed E-state index contributed by atoms with van der Waals surface area (Å²) in [6.07, 6.45) is 1.26. The van der Waals surface area contributed by atoms with Gasteiger partial charge in [-0.05, 0) is 42.7 Å². The first kappa shape index (κ1) is 29.0. The predicted octanol–water partition coefficient (Wildman–Crippen LogP) is 3.12. The van der Waals surface area contributed by atoms with E-state index in [-0.39, 0.29) is 42.2 Å². The highest BCUT2D eigenvalue weighted by Crippen LogP contribution is 2.75. The molecule has 5 unspecified atom stereocenters. The van der Waals surface area contributed by atoms with Crippen molar-refractivity contribution in [2.24, 2.45) is 40.4 Å². The van der Waals surface area contributed by atoms with Crippen LogP contribution in [0.1, 0.15) is 74.7 Å². The van der Waals surface area contributed by atoms with Crippen LogP contribution in [0.2, 0.25) is 0 Å². The summed E-state index contributed by atoms with van der Waals surface area (Å²) < 4.78 is 11.7. The molecule has 4 aliphatic rings. The number of Topliss-reactive ketones (excluding diaryl/α,β-unsaturated/α-hetero) is 1. The molecule has 0 aliphatic heterocycles. The van der Waals surface area contributed by atoms with E-state index in [0.717, 1.165) is 0 Å². The summed E-state index contributed by atoms with van der Waals surface area (Å²) in [6.45, 7) is 14.5. The standard InChI is InChI=1S/C30H44O8/c1-9-10-21(31)38-29-13-17(5)28-12-16(4)23(32)30(28,36)24(33)19(14-37-26(35)18(6)15(2)3)11-20(25(28)34)22(29)27(29,7)8/h11-12,15,17-18,20,22-24,32-33,36H,9-10,13-14H2,1-8H3/t17-,18?,20?,22+,23?,24?,28?,29+,30-/m1/s1. The quantitative estimate of drug-likeness (QED) is 0.337. The first-order valence-corrected chi connectivity index (χ1v) is 14.0. The van der Waals surface area contributed by atoms with E-state index in [1.807, 2.05) is 41.5 Å². The molecule has 0 radical (unpaired) electrons. The number of aliphatic hydroxyl groups excluding tert-OH is 2. The van der Waals surface area contributed by atoms with Crippen LogP contribution in [0.15, 0.2) is 23.3 Å². The van der Waals surface area contributed by atoms with Gasteiger partial charge < -0.3 is 24.8 Å². The van der Waals surface area contributed by atoms with Crippen LogP contribution in [0.3, 0.4) is 0 Å². The minimum Gasteiger partial charge on any atom is -0.461 e. The minimum absolute atomic E-state index is 0.0438. The van der Waals surface area contributed by atoms with Gasteiger partial charge in [-0.1, -0.05) is 60.6 Å². The Kier molecular flexibility index (Phi) is 7.07. The maximum absolute atomic E-state index is 14.5. The van der Waals surface area contributed by atoms with Gasteiger partial charge in [0.25, 0.3) is 0 Å². The van der Waals surface area contributed by atoms with E-state index in [2.05, 4.69) is 0 Å². The average Bonchev–Trinajstić information content (AvgIpc) is 3.25. The average molecular weight is 533 g/mol. The zero-order valence-electron chi connectivity index (χ0n) is 23.9. The summed E-state index contributed by atoms with van der Waals surface area (Å²) in [5.74, 6) is -3.22. The first-order valence-electron chi connectivity index (χ1n) is 14.0. The third-order valence-electron chi connectivity index (χ3n) is 10.4. The highest BCUT2D eigenvalue weighted by molar-refractivity contribution is 5.96. The molecule has 8 nitrogen and oxygen atoms in total. The van der Waals surface area contributed by atoms with E-state index in [9.17, 15) is 29.7 Å². The van der Waals surface area contributed by atoms with Crippen LogP contribution in [0.5, 0.6) is 0 Å². The van der Waals surface area contributed by atoms with Crippen LogP contribution in [-0.4, -0.2) is 63.1 Å². The van der Waals surface area contributed by atoms with Gasteiger partial charge in [0.1, 0.15) is 30.0 Å². The van der Waals surface area contributed by atoms with Gasteiger partial charge in [0.15, 0.2) is 5.78 Å². The molecule has 0 aromatic carbocycles. The van der Waals surface area contributed by atoms with Gasteiger partial charge in [-0.2, -0.15) is 0 Å². The third-order valence-corrected chi connectivity index (χ3v) is 10.4. The topological polar surface area (TPSA) is 130 Å². The van der Waals surface area contributed by atoms with Crippen molar-refractivity contribution >= 4 is 17.7 Å². The van der Waals surface area contributed by atoms with Crippen LogP contribution >= 0.6 is 0 Å². The summed E-state index contributed by atoms with van der Waals surface area (Å²) >= 11 is 0. The number of ketones is 1. The van der Waals surface area contributed by atoms with Gasteiger partial charge in [-0.25, -0.2) is 0 Å². The first-order chi connectivity index (χ1) is 17.5. The Morgan fingerprint density at radius 1 is 1.16 bits per heavy atom. The molecule has 0 amide bonds. The number of esters is 2. The molecule has 0 aromatic heterocycles. The summed E-state index contributed by atoms with van der Waals surface area (Å²) in [4.78, 5) is 40.0. The van der Waals surface area contributed by atoms with Crippen LogP contribution in [-0.2, 0) is 23.9 Å². The van der Waals surface area contributed by atoms with Crippen molar-refractivity contribution in [3.63, 3.8) is 0 Å². The van der Waals surface area contributed by atoms with Crippen molar-refractivity contribution < 1.29 is 39.2 Å². The van der Waals surface area contributed by atoms with Crippen molar-refractivity contribution in [1.29, 1.82) is 0 Å². The lowest BCUT2D eigenvalue weighted by Crippen LogP contribution is -2.65. The Morgan fingerprint density at radius 2 is 1.79 bits per heavy atom. The molecule has 0 aromatic rings. The number of allylic oxidation sites excluding steroid dienone is 1. The van der Waals surface area contributed by atoms with E-state index in [4.69, 9.17) is 9.47 Å². The normalized spacial score (nSPS) is 41.7. The zero-order chi connectivity index (χ0) is 28.6. The van der Waals surface area contributed by atoms with Crippen LogP contribution in [0.25, 0.3) is 0 Å². The number of ether oxygens (including phenoxy) is 2. The second-order valence-corrected chi connectivity index (χ2v) is 13.1. The van der Waals surface area contributed by atoms with E-state index < -0.39 is 58.0 Å². The number of fused-ring (bicyclic) bond motifs is 3. The number of rotatable bonds is 7. The number of aliphatic hydroxyl groups is 3.